The van der Waals surface area contributed by atoms with E-state index < -0.39 is 0 Å². The van der Waals surface area contributed by atoms with Crippen LogP contribution in [0, 0.1) is 17.2 Å². The Kier molecular flexibility index (Phi) is 5.09. The summed E-state index contributed by atoms with van der Waals surface area (Å²) in [5.41, 5.74) is 4.90. The minimum atomic E-state index is 0.113. The molecule has 0 amide bonds. The highest BCUT2D eigenvalue weighted by Gasteiger charge is 2.37. The maximum Gasteiger partial charge on any atom is 0.258 e. The zero-order valence-electron chi connectivity index (χ0n) is 17.7. The summed E-state index contributed by atoms with van der Waals surface area (Å²) in [4.78, 5) is 14.9. The summed E-state index contributed by atoms with van der Waals surface area (Å²) in [6.45, 7) is 3.80. The van der Waals surface area contributed by atoms with Crippen LogP contribution in [0.5, 0.6) is 5.75 Å². The van der Waals surface area contributed by atoms with E-state index in [4.69, 9.17) is 10.00 Å². The molecule has 0 spiro atoms. The Labute approximate surface area is 182 Å². The molecule has 1 unspecified atom stereocenters. The van der Waals surface area contributed by atoms with Gasteiger partial charge in [0, 0.05) is 35.2 Å². The molecule has 3 heterocycles. The molecule has 156 valence electrons. The van der Waals surface area contributed by atoms with Gasteiger partial charge >= 0.3 is 0 Å². The number of ether oxygens (including phenoxy) is 1. The Balaban J connectivity index is 1.40. The normalized spacial score (nSPS) is 21.7. The SMILES string of the molecule is COc1ccc(-c2ccc3n(c2=O)C[C@H]2C[C@@H]3C[NH+](Cc3cccc(C#N)c3)C2)cc1. The minimum Gasteiger partial charge on any atom is -0.497 e. The molecule has 0 aliphatic carbocycles. The van der Waals surface area contributed by atoms with E-state index in [9.17, 15) is 4.79 Å². The maximum absolute atomic E-state index is 13.3. The van der Waals surface area contributed by atoms with Crippen molar-refractivity contribution in [3.05, 3.63) is 87.8 Å². The van der Waals surface area contributed by atoms with Crippen LogP contribution in [0.2, 0.25) is 0 Å². The van der Waals surface area contributed by atoms with Gasteiger partial charge in [-0.1, -0.05) is 24.3 Å². The number of hydrogen-bond acceptors (Lipinski definition) is 3. The number of benzene rings is 2. The molecule has 5 rings (SSSR count). The lowest BCUT2D eigenvalue weighted by atomic mass is 9.82. The van der Waals surface area contributed by atoms with Gasteiger partial charge in [-0.25, -0.2) is 0 Å². The number of rotatable bonds is 4. The molecule has 3 atom stereocenters. The molecule has 1 aromatic heterocycles. The van der Waals surface area contributed by atoms with Gasteiger partial charge < -0.3 is 14.2 Å². The summed E-state index contributed by atoms with van der Waals surface area (Å²) >= 11 is 0. The van der Waals surface area contributed by atoms with E-state index in [0.717, 1.165) is 55.0 Å². The Morgan fingerprint density at radius 1 is 1.13 bits per heavy atom. The van der Waals surface area contributed by atoms with Gasteiger partial charge in [-0.2, -0.15) is 5.26 Å². The predicted octanol–water partition coefficient (Wildman–Crippen LogP) is 2.60. The van der Waals surface area contributed by atoms with Gasteiger partial charge in [0.15, 0.2) is 0 Å². The van der Waals surface area contributed by atoms with Crippen LogP contribution in [0.4, 0.5) is 0 Å². The fourth-order valence-electron chi connectivity index (χ4n) is 5.34. The van der Waals surface area contributed by atoms with Crippen molar-refractivity contribution in [3.8, 4) is 22.9 Å². The summed E-state index contributed by atoms with van der Waals surface area (Å²) in [5.74, 6) is 1.70. The van der Waals surface area contributed by atoms with Gasteiger partial charge in [0.05, 0.1) is 31.8 Å². The van der Waals surface area contributed by atoms with E-state index in [0.29, 0.717) is 11.8 Å². The highest BCUT2D eigenvalue weighted by molar-refractivity contribution is 5.63. The monoisotopic (exact) mass is 412 g/mol. The number of nitrogens with zero attached hydrogens (tertiary/aromatic N) is 2. The molecular formula is C26H26N3O2+. The predicted molar refractivity (Wildman–Crippen MR) is 119 cm³/mol. The smallest absolute Gasteiger partial charge is 0.258 e. The molecule has 2 aromatic carbocycles. The average molecular weight is 413 g/mol. The van der Waals surface area contributed by atoms with Crippen molar-refractivity contribution in [1.29, 1.82) is 5.26 Å². The van der Waals surface area contributed by atoms with Crippen molar-refractivity contribution in [2.75, 3.05) is 20.2 Å². The molecule has 1 saturated heterocycles. The van der Waals surface area contributed by atoms with Gasteiger partial charge in [-0.15, -0.1) is 0 Å². The first-order valence-electron chi connectivity index (χ1n) is 10.9. The van der Waals surface area contributed by atoms with Gasteiger partial charge in [0.2, 0.25) is 0 Å². The number of pyridine rings is 1. The fourth-order valence-corrected chi connectivity index (χ4v) is 5.34. The lowest BCUT2D eigenvalue weighted by Gasteiger charge is -2.40. The first-order chi connectivity index (χ1) is 15.1. The van der Waals surface area contributed by atoms with E-state index in [1.807, 2.05) is 53.1 Å². The largest absolute Gasteiger partial charge is 0.497 e. The standard InChI is InChI=1S/C26H25N3O2/c1-31-23-7-5-21(6-8-23)24-9-10-25-22-12-20(16-29(25)26(24)30)15-28(17-22)14-19-4-2-3-18(11-19)13-27/h2-11,20,22H,12,14-17H2,1H3/p+1/t20-,22+/m0/s1. The van der Waals surface area contributed by atoms with Crippen LogP contribution in [0.15, 0.2) is 65.5 Å². The fraction of sp³-hybridized carbons (Fsp3) is 0.308. The second-order valence-electron chi connectivity index (χ2n) is 8.76. The Morgan fingerprint density at radius 3 is 2.74 bits per heavy atom. The summed E-state index contributed by atoms with van der Waals surface area (Å²) < 4.78 is 7.26. The molecular weight excluding hydrogens is 386 g/mol. The zero-order valence-corrected chi connectivity index (χ0v) is 17.7. The molecule has 0 saturated carbocycles. The molecule has 1 fully saturated rings. The third-order valence-corrected chi connectivity index (χ3v) is 6.71. The molecule has 2 bridgehead atoms. The second-order valence-corrected chi connectivity index (χ2v) is 8.76. The lowest BCUT2D eigenvalue weighted by Crippen LogP contribution is -3.13. The van der Waals surface area contributed by atoms with Crippen molar-refractivity contribution in [3.63, 3.8) is 0 Å². The molecule has 1 N–H and O–H groups in total. The molecule has 3 aromatic rings. The average Bonchev–Trinajstić information content (AvgIpc) is 2.80. The summed E-state index contributed by atoms with van der Waals surface area (Å²) in [7, 11) is 1.65. The van der Waals surface area contributed by atoms with Gasteiger partial charge in [0.1, 0.15) is 12.3 Å². The number of likely N-dealkylation sites (tertiary alicyclic amines) is 1. The van der Waals surface area contributed by atoms with Crippen LogP contribution in [0.25, 0.3) is 11.1 Å². The number of nitriles is 1. The van der Waals surface area contributed by atoms with E-state index >= 15 is 0 Å². The third kappa shape index (κ3) is 3.75. The van der Waals surface area contributed by atoms with Crippen LogP contribution in [0.3, 0.4) is 0 Å². The molecule has 5 heteroatoms. The van der Waals surface area contributed by atoms with E-state index in [1.165, 1.54) is 16.2 Å². The third-order valence-electron chi connectivity index (χ3n) is 6.71. The first-order valence-corrected chi connectivity index (χ1v) is 10.9. The van der Waals surface area contributed by atoms with E-state index in [2.05, 4.69) is 18.2 Å². The Hall–Kier alpha value is -3.36. The van der Waals surface area contributed by atoms with E-state index in [-0.39, 0.29) is 5.56 Å². The van der Waals surface area contributed by atoms with Crippen LogP contribution < -0.4 is 15.2 Å². The number of piperidine rings is 1. The second kappa shape index (κ2) is 8.05. The summed E-state index contributed by atoms with van der Waals surface area (Å²) in [6, 6.07) is 22.0. The van der Waals surface area contributed by atoms with Crippen molar-refractivity contribution in [2.24, 2.45) is 5.92 Å². The number of hydrogen-bond donors (Lipinski definition) is 1. The zero-order chi connectivity index (χ0) is 21.4. The summed E-state index contributed by atoms with van der Waals surface area (Å²) in [6.07, 6.45) is 1.16. The maximum atomic E-state index is 13.3. The molecule has 31 heavy (non-hydrogen) atoms. The highest BCUT2D eigenvalue weighted by Crippen LogP contribution is 2.32. The van der Waals surface area contributed by atoms with Crippen molar-refractivity contribution < 1.29 is 9.64 Å². The number of quaternary nitrogens is 1. The number of methoxy groups -OCH3 is 1. The topological polar surface area (TPSA) is 59.5 Å². The van der Waals surface area contributed by atoms with Crippen LogP contribution in [-0.4, -0.2) is 24.8 Å². The molecule has 0 radical (unpaired) electrons. The molecule has 5 nitrogen and oxygen atoms in total. The van der Waals surface area contributed by atoms with Crippen LogP contribution >= 0.6 is 0 Å². The Morgan fingerprint density at radius 2 is 1.97 bits per heavy atom. The first kappa shape index (κ1) is 19.6. The van der Waals surface area contributed by atoms with Crippen LogP contribution in [-0.2, 0) is 13.1 Å². The number of fused-ring (bicyclic) bond motifs is 4. The van der Waals surface area contributed by atoms with Crippen molar-refractivity contribution in [2.45, 2.75) is 25.4 Å². The van der Waals surface area contributed by atoms with E-state index in [1.54, 1.807) is 7.11 Å². The minimum absolute atomic E-state index is 0.113. The summed E-state index contributed by atoms with van der Waals surface area (Å²) in [5, 5.41) is 9.17. The van der Waals surface area contributed by atoms with Gasteiger partial charge in [-0.05, 0) is 48.4 Å². The Bertz CT molecular complexity index is 1210. The highest BCUT2D eigenvalue weighted by atomic mass is 16.5. The van der Waals surface area contributed by atoms with Gasteiger partial charge in [0.25, 0.3) is 5.56 Å². The number of aromatic nitrogens is 1. The quantitative estimate of drug-likeness (QED) is 0.717. The van der Waals surface area contributed by atoms with Crippen molar-refractivity contribution >= 4 is 0 Å². The van der Waals surface area contributed by atoms with Crippen molar-refractivity contribution in [1.82, 2.24) is 4.57 Å². The number of nitrogens with one attached hydrogen (secondary N) is 1. The molecule has 2 aliphatic heterocycles. The van der Waals surface area contributed by atoms with Crippen LogP contribution in [0.1, 0.15) is 29.2 Å². The lowest BCUT2D eigenvalue weighted by molar-refractivity contribution is -0.924. The van der Waals surface area contributed by atoms with Gasteiger partial charge in [-0.3, -0.25) is 4.79 Å². The molecule has 2 aliphatic rings.